The van der Waals surface area contributed by atoms with Gasteiger partial charge in [-0.3, -0.25) is 9.59 Å². The maximum atomic E-state index is 13.6. The van der Waals surface area contributed by atoms with Gasteiger partial charge in [0.25, 0.3) is 5.56 Å². The van der Waals surface area contributed by atoms with Crippen molar-refractivity contribution in [1.29, 1.82) is 0 Å². The van der Waals surface area contributed by atoms with Gasteiger partial charge in [-0.05, 0) is 62.2 Å². The number of aryl methyl sites for hydroxylation is 3. The second-order valence-electron chi connectivity index (χ2n) is 8.30. The second kappa shape index (κ2) is 8.47. The summed E-state index contributed by atoms with van der Waals surface area (Å²) in [5.74, 6) is 0.283. The molecule has 5 rings (SSSR count). The summed E-state index contributed by atoms with van der Waals surface area (Å²) in [6.45, 7) is 5.48. The molecule has 0 bridgehead atoms. The largest absolute Gasteiger partial charge is 0.324 e. The number of nitrogens with zero attached hydrogens (tertiary/aromatic N) is 5. The quantitative estimate of drug-likeness (QED) is 0.438. The number of nitrogens with one attached hydrogen (secondary N) is 1. The minimum Gasteiger partial charge on any atom is -0.324 e. The van der Waals surface area contributed by atoms with Gasteiger partial charge in [0.05, 0.1) is 11.4 Å². The molecule has 0 atom stereocenters. The van der Waals surface area contributed by atoms with E-state index in [1.807, 2.05) is 91.5 Å². The van der Waals surface area contributed by atoms with Gasteiger partial charge in [0, 0.05) is 18.1 Å². The Morgan fingerprint density at radius 2 is 1.68 bits per heavy atom. The third-order valence-electron chi connectivity index (χ3n) is 5.73. The summed E-state index contributed by atoms with van der Waals surface area (Å²) in [5.41, 5.74) is 4.23. The number of anilines is 1. The molecule has 0 fully saturated rings. The van der Waals surface area contributed by atoms with Crippen molar-refractivity contribution in [2.45, 2.75) is 27.3 Å². The van der Waals surface area contributed by atoms with Crippen LogP contribution in [0.4, 0.5) is 5.69 Å². The van der Waals surface area contributed by atoms with E-state index < -0.39 is 0 Å². The smallest absolute Gasteiger partial charge is 0.280 e. The van der Waals surface area contributed by atoms with Gasteiger partial charge in [-0.25, -0.2) is 9.36 Å². The number of fused-ring (bicyclic) bond motifs is 1. The van der Waals surface area contributed by atoms with Crippen molar-refractivity contribution in [2.24, 2.45) is 0 Å². The number of benzene rings is 2. The van der Waals surface area contributed by atoms with Crippen LogP contribution in [0, 0.1) is 20.8 Å². The topological polar surface area (TPSA) is 86.7 Å². The van der Waals surface area contributed by atoms with Gasteiger partial charge in [0.2, 0.25) is 5.91 Å². The molecule has 34 heavy (non-hydrogen) atoms. The number of carbonyl (C=O) groups excluding carboxylic acids is 1. The molecule has 1 N–H and O–H groups in total. The lowest BCUT2D eigenvalue weighted by molar-refractivity contribution is -0.117. The van der Waals surface area contributed by atoms with Gasteiger partial charge < -0.3 is 9.88 Å². The Bertz CT molecular complexity index is 1560. The zero-order valence-electron chi connectivity index (χ0n) is 19.2. The Kier molecular flexibility index (Phi) is 5.33. The van der Waals surface area contributed by atoms with Crippen molar-refractivity contribution in [2.75, 3.05) is 5.32 Å². The molecular formula is C26H24N6O2. The van der Waals surface area contributed by atoms with E-state index in [1.54, 1.807) is 11.6 Å². The molecular weight excluding hydrogens is 428 g/mol. The van der Waals surface area contributed by atoms with Crippen LogP contribution in [-0.4, -0.2) is 30.0 Å². The van der Waals surface area contributed by atoms with E-state index in [9.17, 15) is 9.59 Å². The highest BCUT2D eigenvalue weighted by atomic mass is 16.2. The van der Waals surface area contributed by atoms with Crippen molar-refractivity contribution < 1.29 is 4.79 Å². The SMILES string of the molecule is Cc1ccc(C)c(NC(=O)Cn2nc(C)c3nn(-c4ccccc4)c(-n4cccc4)c3c2=O)c1. The van der Waals surface area contributed by atoms with Crippen LogP contribution in [0.3, 0.4) is 0 Å². The first kappa shape index (κ1) is 21.4. The Morgan fingerprint density at radius 3 is 2.41 bits per heavy atom. The summed E-state index contributed by atoms with van der Waals surface area (Å²) in [7, 11) is 0. The summed E-state index contributed by atoms with van der Waals surface area (Å²) in [4.78, 5) is 26.5. The number of para-hydroxylation sites is 1. The van der Waals surface area contributed by atoms with E-state index in [4.69, 9.17) is 5.10 Å². The molecule has 0 saturated carbocycles. The molecule has 8 nitrogen and oxygen atoms in total. The zero-order valence-corrected chi connectivity index (χ0v) is 19.2. The van der Waals surface area contributed by atoms with Crippen LogP contribution >= 0.6 is 0 Å². The third kappa shape index (κ3) is 3.79. The Labute approximate surface area is 196 Å². The highest BCUT2D eigenvalue weighted by molar-refractivity contribution is 5.92. The number of hydrogen-bond donors (Lipinski definition) is 1. The lowest BCUT2D eigenvalue weighted by Crippen LogP contribution is -2.30. The molecule has 3 aromatic heterocycles. The van der Waals surface area contributed by atoms with E-state index in [-0.39, 0.29) is 18.0 Å². The Morgan fingerprint density at radius 1 is 0.941 bits per heavy atom. The molecule has 2 aromatic carbocycles. The van der Waals surface area contributed by atoms with Gasteiger partial charge in [0.1, 0.15) is 17.4 Å². The number of rotatable bonds is 5. The maximum Gasteiger partial charge on any atom is 0.280 e. The van der Waals surface area contributed by atoms with E-state index >= 15 is 0 Å². The minimum absolute atomic E-state index is 0.204. The molecule has 3 heterocycles. The van der Waals surface area contributed by atoms with Crippen molar-refractivity contribution in [1.82, 2.24) is 24.1 Å². The highest BCUT2D eigenvalue weighted by Crippen LogP contribution is 2.24. The molecule has 0 spiro atoms. The minimum atomic E-state index is -0.373. The van der Waals surface area contributed by atoms with Crippen LogP contribution in [0.25, 0.3) is 22.4 Å². The fourth-order valence-electron chi connectivity index (χ4n) is 4.03. The van der Waals surface area contributed by atoms with Gasteiger partial charge in [-0.2, -0.15) is 10.2 Å². The van der Waals surface area contributed by atoms with Gasteiger partial charge in [-0.15, -0.1) is 0 Å². The lowest BCUT2D eigenvalue weighted by Gasteiger charge is -2.11. The fraction of sp³-hybridized carbons (Fsp3) is 0.154. The molecule has 0 aliphatic rings. The zero-order chi connectivity index (χ0) is 23.8. The van der Waals surface area contributed by atoms with Crippen molar-refractivity contribution in [3.05, 3.63) is 100 Å². The van der Waals surface area contributed by atoms with Crippen LogP contribution < -0.4 is 10.9 Å². The second-order valence-corrected chi connectivity index (χ2v) is 8.30. The summed E-state index contributed by atoms with van der Waals surface area (Å²) in [6, 6.07) is 19.2. The predicted octanol–water partition coefficient (Wildman–Crippen LogP) is 3.94. The summed E-state index contributed by atoms with van der Waals surface area (Å²) in [6.07, 6.45) is 3.73. The van der Waals surface area contributed by atoms with Crippen molar-refractivity contribution in [3.8, 4) is 11.5 Å². The van der Waals surface area contributed by atoms with E-state index in [2.05, 4.69) is 10.4 Å². The number of carbonyl (C=O) groups is 1. The molecule has 0 saturated heterocycles. The standard InChI is InChI=1S/C26H24N6O2/c1-17-11-12-18(2)21(15-17)27-22(33)16-31-26(34)23-24(19(3)28-31)29-32(20-9-5-4-6-10-20)25(23)30-13-7-8-14-30/h4-15H,16H2,1-3H3,(H,27,33). The first-order valence-corrected chi connectivity index (χ1v) is 11.0. The normalized spacial score (nSPS) is 11.1. The van der Waals surface area contributed by atoms with Crippen LogP contribution in [0.15, 0.2) is 77.9 Å². The van der Waals surface area contributed by atoms with E-state index in [1.165, 1.54) is 4.68 Å². The van der Waals surface area contributed by atoms with Crippen LogP contribution in [0.5, 0.6) is 0 Å². The number of amides is 1. The Balaban J connectivity index is 1.62. The summed E-state index contributed by atoms with van der Waals surface area (Å²) >= 11 is 0. The average Bonchev–Trinajstić information content (AvgIpc) is 3.48. The predicted molar refractivity (Wildman–Crippen MR) is 132 cm³/mol. The van der Waals surface area contributed by atoms with Gasteiger partial charge in [0.15, 0.2) is 5.82 Å². The van der Waals surface area contributed by atoms with Crippen LogP contribution in [0.2, 0.25) is 0 Å². The first-order valence-electron chi connectivity index (χ1n) is 11.0. The highest BCUT2D eigenvalue weighted by Gasteiger charge is 2.22. The molecule has 0 aliphatic heterocycles. The summed E-state index contributed by atoms with van der Waals surface area (Å²) in [5, 5.41) is 12.5. The maximum absolute atomic E-state index is 13.6. The molecule has 0 aliphatic carbocycles. The van der Waals surface area contributed by atoms with Gasteiger partial charge >= 0.3 is 0 Å². The molecule has 0 radical (unpaired) electrons. The number of hydrogen-bond acceptors (Lipinski definition) is 4. The third-order valence-corrected chi connectivity index (χ3v) is 5.73. The van der Waals surface area contributed by atoms with Crippen LogP contribution in [0.1, 0.15) is 16.8 Å². The fourth-order valence-corrected chi connectivity index (χ4v) is 4.03. The molecule has 5 aromatic rings. The van der Waals surface area contributed by atoms with E-state index in [0.29, 0.717) is 22.4 Å². The van der Waals surface area contributed by atoms with Crippen molar-refractivity contribution in [3.63, 3.8) is 0 Å². The lowest BCUT2D eigenvalue weighted by atomic mass is 10.1. The average molecular weight is 453 g/mol. The number of aromatic nitrogens is 5. The van der Waals surface area contributed by atoms with Crippen molar-refractivity contribution >= 4 is 22.5 Å². The molecule has 0 unspecified atom stereocenters. The Hall–Kier alpha value is -4.46. The first-order chi connectivity index (χ1) is 16.4. The molecule has 1 amide bonds. The molecule has 8 heteroatoms. The monoisotopic (exact) mass is 452 g/mol. The van der Waals surface area contributed by atoms with Gasteiger partial charge in [-0.1, -0.05) is 30.3 Å². The summed E-state index contributed by atoms with van der Waals surface area (Å²) < 4.78 is 4.80. The van der Waals surface area contributed by atoms with E-state index in [0.717, 1.165) is 22.5 Å². The van der Waals surface area contributed by atoms with Crippen LogP contribution in [-0.2, 0) is 11.3 Å². The molecule has 170 valence electrons.